The van der Waals surface area contributed by atoms with Gasteiger partial charge in [0, 0.05) is 17.2 Å². The summed E-state index contributed by atoms with van der Waals surface area (Å²) in [5.41, 5.74) is 1.51. The van der Waals surface area contributed by atoms with Gasteiger partial charge in [-0.3, -0.25) is 19.7 Å². The van der Waals surface area contributed by atoms with Gasteiger partial charge in [-0.25, -0.2) is 4.90 Å². The highest BCUT2D eigenvalue weighted by atomic mass is 35.5. The summed E-state index contributed by atoms with van der Waals surface area (Å²) >= 11 is 7.39. The van der Waals surface area contributed by atoms with Crippen molar-refractivity contribution in [2.24, 2.45) is 0 Å². The molecule has 31 heavy (non-hydrogen) atoms. The van der Waals surface area contributed by atoms with E-state index in [-0.39, 0.29) is 16.2 Å². The maximum atomic E-state index is 13.4. The van der Waals surface area contributed by atoms with Gasteiger partial charge in [-0.2, -0.15) is 0 Å². The van der Waals surface area contributed by atoms with E-state index >= 15 is 0 Å². The van der Waals surface area contributed by atoms with Crippen LogP contribution in [0.5, 0.6) is 0 Å². The van der Waals surface area contributed by atoms with E-state index in [1.807, 2.05) is 0 Å². The average molecular weight is 455 g/mol. The van der Waals surface area contributed by atoms with Gasteiger partial charge < -0.3 is 4.42 Å². The molecule has 4 rings (SSSR count). The molecular weight excluding hydrogens is 440 g/mol. The van der Waals surface area contributed by atoms with Crippen molar-refractivity contribution in [3.8, 4) is 0 Å². The van der Waals surface area contributed by atoms with Crippen LogP contribution in [0.2, 0.25) is 5.02 Å². The zero-order chi connectivity index (χ0) is 22.1. The summed E-state index contributed by atoms with van der Waals surface area (Å²) in [7, 11) is 0. The van der Waals surface area contributed by atoms with Crippen molar-refractivity contribution in [3.05, 3.63) is 97.8 Å². The smallest absolute Gasteiger partial charge is 0.272 e. The van der Waals surface area contributed by atoms with E-state index in [9.17, 15) is 19.7 Å². The number of carbonyl (C=O) groups is 2. The molecule has 0 unspecified atom stereocenters. The first-order valence-corrected chi connectivity index (χ1v) is 10.5. The van der Waals surface area contributed by atoms with Crippen molar-refractivity contribution in [3.63, 3.8) is 0 Å². The van der Waals surface area contributed by atoms with Crippen molar-refractivity contribution in [2.45, 2.75) is 12.7 Å². The fourth-order valence-corrected chi connectivity index (χ4v) is 4.43. The molecule has 0 bridgehead atoms. The van der Waals surface area contributed by atoms with E-state index < -0.39 is 16.7 Å². The van der Waals surface area contributed by atoms with Gasteiger partial charge in [-0.05, 0) is 54.4 Å². The molecule has 0 saturated carbocycles. The SMILES string of the molecule is Cc1c(Cl)cccc1N1C(=O)C(SCc2ccco2)=C(c2ccc([N+](=O)[O-])cc2)C1=O. The molecule has 7 nitrogen and oxygen atoms in total. The predicted molar refractivity (Wildman–Crippen MR) is 119 cm³/mol. The molecule has 0 N–H and O–H groups in total. The lowest BCUT2D eigenvalue weighted by molar-refractivity contribution is -0.384. The van der Waals surface area contributed by atoms with Gasteiger partial charge in [-0.15, -0.1) is 11.8 Å². The molecule has 1 aromatic heterocycles. The van der Waals surface area contributed by atoms with Crippen molar-refractivity contribution >= 4 is 52.1 Å². The third-order valence-electron chi connectivity index (χ3n) is 4.83. The Bertz CT molecular complexity index is 1220. The standard InChI is InChI=1S/C22H15ClN2O5S/c1-13-17(23)5-2-6-18(13)24-21(26)19(14-7-9-15(10-8-14)25(28)29)20(22(24)27)31-12-16-4-3-11-30-16/h2-11H,12H2,1H3. The fourth-order valence-electron chi connectivity index (χ4n) is 3.24. The molecule has 0 radical (unpaired) electrons. The number of rotatable bonds is 6. The van der Waals surface area contributed by atoms with Gasteiger partial charge in [0.05, 0.1) is 33.1 Å². The zero-order valence-electron chi connectivity index (χ0n) is 16.2. The van der Waals surface area contributed by atoms with Crippen molar-refractivity contribution < 1.29 is 18.9 Å². The molecule has 0 atom stereocenters. The number of nitrogens with zero attached hydrogens (tertiary/aromatic N) is 2. The van der Waals surface area contributed by atoms with Gasteiger partial charge in [0.1, 0.15) is 5.76 Å². The highest BCUT2D eigenvalue weighted by Gasteiger charge is 2.41. The second-order valence-corrected chi connectivity index (χ2v) is 8.10. The Labute approximate surface area is 186 Å². The second-order valence-electron chi connectivity index (χ2n) is 6.71. The summed E-state index contributed by atoms with van der Waals surface area (Å²) < 4.78 is 5.34. The maximum Gasteiger partial charge on any atom is 0.272 e. The van der Waals surface area contributed by atoms with E-state index in [0.29, 0.717) is 33.4 Å². The summed E-state index contributed by atoms with van der Waals surface area (Å²) in [4.78, 5) is 38.6. The largest absolute Gasteiger partial charge is 0.468 e. The summed E-state index contributed by atoms with van der Waals surface area (Å²) in [5.74, 6) is 0.0184. The topological polar surface area (TPSA) is 93.7 Å². The Balaban J connectivity index is 1.78. The van der Waals surface area contributed by atoms with Crippen LogP contribution in [-0.4, -0.2) is 16.7 Å². The van der Waals surface area contributed by atoms with Crippen LogP contribution >= 0.6 is 23.4 Å². The third-order valence-corrected chi connectivity index (χ3v) is 6.33. The van der Waals surface area contributed by atoms with E-state index in [1.54, 1.807) is 37.3 Å². The molecule has 2 heterocycles. The molecule has 1 aliphatic rings. The van der Waals surface area contributed by atoms with Gasteiger partial charge >= 0.3 is 0 Å². The molecule has 0 aliphatic carbocycles. The number of benzene rings is 2. The second kappa shape index (κ2) is 8.41. The number of nitro benzene ring substituents is 1. The highest BCUT2D eigenvalue weighted by Crippen LogP contribution is 2.41. The maximum absolute atomic E-state index is 13.4. The van der Waals surface area contributed by atoms with Crippen LogP contribution in [0.4, 0.5) is 11.4 Å². The van der Waals surface area contributed by atoms with Crippen molar-refractivity contribution in [1.82, 2.24) is 0 Å². The Morgan fingerprint density at radius 3 is 2.45 bits per heavy atom. The minimum absolute atomic E-state index is 0.103. The molecule has 3 aromatic rings. The van der Waals surface area contributed by atoms with Crippen LogP contribution in [0.25, 0.3) is 5.57 Å². The van der Waals surface area contributed by atoms with Gasteiger partial charge in [0.15, 0.2) is 0 Å². The lowest BCUT2D eigenvalue weighted by atomic mass is 10.1. The Morgan fingerprint density at radius 1 is 1.06 bits per heavy atom. The van der Waals surface area contributed by atoms with Crippen LogP contribution in [0, 0.1) is 17.0 Å². The number of thioether (sulfide) groups is 1. The predicted octanol–water partition coefficient (Wildman–Crippen LogP) is 5.37. The number of hydrogen-bond acceptors (Lipinski definition) is 6. The molecule has 1 aliphatic heterocycles. The van der Waals surface area contributed by atoms with Crippen LogP contribution in [0.1, 0.15) is 16.9 Å². The number of halogens is 1. The summed E-state index contributed by atoms with van der Waals surface area (Å²) in [5, 5.41) is 11.4. The normalized spacial score (nSPS) is 13.9. The van der Waals surface area contributed by atoms with E-state index in [4.69, 9.17) is 16.0 Å². The number of amides is 2. The molecule has 9 heteroatoms. The van der Waals surface area contributed by atoms with Crippen LogP contribution in [-0.2, 0) is 15.3 Å². The van der Waals surface area contributed by atoms with Crippen LogP contribution in [0.15, 0.2) is 70.2 Å². The first-order valence-electron chi connectivity index (χ1n) is 9.16. The number of hydrogen-bond donors (Lipinski definition) is 0. The Kier molecular flexibility index (Phi) is 5.67. The lowest BCUT2D eigenvalue weighted by Gasteiger charge is -2.18. The highest BCUT2D eigenvalue weighted by molar-refractivity contribution is 8.03. The number of nitro groups is 1. The zero-order valence-corrected chi connectivity index (χ0v) is 17.8. The molecule has 0 fully saturated rings. The molecule has 2 aromatic carbocycles. The van der Waals surface area contributed by atoms with Crippen LogP contribution in [0.3, 0.4) is 0 Å². The van der Waals surface area contributed by atoms with Crippen LogP contribution < -0.4 is 4.90 Å². The number of carbonyl (C=O) groups excluding carboxylic acids is 2. The average Bonchev–Trinajstić information content (AvgIpc) is 3.35. The summed E-state index contributed by atoms with van der Waals surface area (Å²) in [6.07, 6.45) is 1.53. The van der Waals surface area contributed by atoms with E-state index in [2.05, 4.69) is 0 Å². The first kappa shape index (κ1) is 20.9. The quantitative estimate of drug-likeness (QED) is 0.282. The summed E-state index contributed by atoms with van der Waals surface area (Å²) in [6, 6.07) is 14.1. The minimum Gasteiger partial charge on any atom is -0.468 e. The number of anilines is 1. The minimum atomic E-state index is -0.520. The summed E-state index contributed by atoms with van der Waals surface area (Å²) in [6.45, 7) is 1.73. The Hall–Kier alpha value is -3.36. The Morgan fingerprint density at radius 2 is 1.81 bits per heavy atom. The number of furan rings is 1. The first-order chi connectivity index (χ1) is 14.9. The number of imide groups is 1. The lowest BCUT2D eigenvalue weighted by Crippen LogP contribution is -2.32. The fraction of sp³-hybridized carbons (Fsp3) is 0.0909. The van der Waals surface area contributed by atoms with Gasteiger partial charge in [-0.1, -0.05) is 17.7 Å². The molecule has 0 spiro atoms. The molecule has 0 saturated heterocycles. The van der Waals surface area contributed by atoms with E-state index in [1.165, 1.54) is 42.3 Å². The van der Waals surface area contributed by atoms with Crippen molar-refractivity contribution in [1.29, 1.82) is 0 Å². The number of non-ortho nitro benzene ring substituents is 1. The molecular formula is C22H15ClN2O5S. The van der Waals surface area contributed by atoms with Gasteiger partial charge in [0.25, 0.3) is 17.5 Å². The van der Waals surface area contributed by atoms with Crippen molar-refractivity contribution in [2.75, 3.05) is 4.90 Å². The monoisotopic (exact) mass is 454 g/mol. The van der Waals surface area contributed by atoms with E-state index in [0.717, 1.165) is 4.90 Å². The molecule has 156 valence electrons. The van der Waals surface area contributed by atoms with Gasteiger partial charge in [0.2, 0.25) is 0 Å². The molecule has 2 amide bonds. The third kappa shape index (κ3) is 3.87.